The van der Waals surface area contributed by atoms with E-state index in [4.69, 9.17) is 4.74 Å². The van der Waals surface area contributed by atoms with Crippen molar-refractivity contribution >= 4 is 28.5 Å². The summed E-state index contributed by atoms with van der Waals surface area (Å²) in [5.41, 5.74) is 3.11. The second-order valence-electron chi connectivity index (χ2n) is 7.44. The molecule has 1 fully saturated rings. The van der Waals surface area contributed by atoms with E-state index in [2.05, 4.69) is 15.6 Å². The lowest BCUT2D eigenvalue weighted by Crippen LogP contribution is -2.27. The van der Waals surface area contributed by atoms with Crippen LogP contribution in [0.4, 0.5) is 10.1 Å². The van der Waals surface area contributed by atoms with Gasteiger partial charge in [-0.1, -0.05) is 6.07 Å². The zero-order valence-electron chi connectivity index (χ0n) is 16.9. The fourth-order valence-electron chi connectivity index (χ4n) is 3.56. The highest BCUT2D eigenvalue weighted by Crippen LogP contribution is 2.19. The largest absolute Gasteiger partial charge is 0.368 e. The van der Waals surface area contributed by atoms with Gasteiger partial charge in [-0.15, -0.1) is 0 Å². The normalized spacial score (nSPS) is 16.0. The maximum atomic E-state index is 14.0. The number of ether oxygens (including phenoxy) is 1. The van der Waals surface area contributed by atoms with Gasteiger partial charge < -0.3 is 19.9 Å². The van der Waals surface area contributed by atoms with E-state index < -0.39 is 17.8 Å². The van der Waals surface area contributed by atoms with Crippen LogP contribution >= 0.6 is 0 Å². The van der Waals surface area contributed by atoms with Gasteiger partial charge in [0.15, 0.2) is 0 Å². The number of anilines is 1. The Balaban J connectivity index is 1.44. The number of nitrogens with zero attached hydrogens (tertiary/aromatic N) is 2. The number of carbonyl (C=O) groups excluding carboxylic acids is 2. The Morgan fingerprint density at radius 3 is 2.87 bits per heavy atom. The van der Waals surface area contributed by atoms with Gasteiger partial charge in [0.1, 0.15) is 17.7 Å². The van der Waals surface area contributed by atoms with Gasteiger partial charge in [-0.3, -0.25) is 9.59 Å². The van der Waals surface area contributed by atoms with Crippen molar-refractivity contribution in [3.05, 3.63) is 59.2 Å². The van der Waals surface area contributed by atoms with Crippen molar-refractivity contribution in [2.24, 2.45) is 7.05 Å². The monoisotopic (exact) mass is 410 g/mol. The van der Waals surface area contributed by atoms with Crippen molar-refractivity contribution < 1.29 is 18.7 Å². The van der Waals surface area contributed by atoms with Crippen LogP contribution in [0.3, 0.4) is 0 Å². The van der Waals surface area contributed by atoms with E-state index in [0.717, 1.165) is 34.9 Å². The Morgan fingerprint density at radius 1 is 1.27 bits per heavy atom. The fraction of sp³-hybridized carbons (Fsp3) is 0.318. The molecule has 4 rings (SSSR count). The molecule has 0 saturated carbocycles. The Labute approximate surface area is 173 Å². The summed E-state index contributed by atoms with van der Waals surface area (Å²) >= 11 is 0. The lowest BCUT2D eigenvalue weighted by Gasteiger charge is -2.12. The topological polar surface area (TPSA) is 85.2 Å². The first-order valence-electron chi connectivity index (χ1n) is 9.84. The van der Waals surface area contributed by atoms with Crippen LogP contribution in [0.2, 0.25) is 0 Å². The number of nitrogens with one attached hydrogen (secondary N) is 2. The molecule has 0 radical (unpaired) electrons. The number of aryl methyl sites for hydroxylation is 2. The second kappa shape index (κ2) is 8.23. The summed E-state index contributed by atoms with van der Waals surface area (Å²) in [7, 11) is 1.95. The molecule has 1 atom stereocenters. The van der Waals surface area contributed by atoms with E-state index in [1.54, 1.807) is 0 Å². The van der Waals surface area contributed by atoms with Gasteiger partial charge in [-0.2, -0.15) is 0 Å². The molecule has 0 unspecified atom stereocenters. The van der Waals surface area contributed by atoms with E-state index in [1.807, 2.05) is 36.7 Å². The van der Waals surface area contributed by atoms with Crippen molar-refractivity contribution in [2.45, 2.75) is 32.4 Å². The maximum Gasteiger partial charge on any atom is 0.253 e. The number of hydrogen-bond donors (Lipinski definition) is 2. The molecule has 0 bridgehead atoms. The van der Waals surface area contributed by atoms with Crippen LogP contribution in [0.1, 0.15) is 34.6 Å². The summed E-state index contributed by atoms with van der Waals surface area (Å²) < 4.78 is 21.3. The molecule has 7 nitrogen and oxygen atoms in total. The summed E-state index contributed by atoms with van der Waals surface area (Å²) in [5.74, 6) is -0.456. The molecule has 2 heterocycles. The van der Waals surface area contributed by atoms with E-state index >= 15 is 0 Å². The van der Waals surface area contributed by atoms with Gasteiger partial charge >= 0.3 is 0 Å². The molecule has 1 saturated heterocycles. The van der Waals surface area contributed by atoms with Gasteiger partial charge in [0, 0.05) is 31.5 Å². The lowest BCUT2D eigenvalue weighted by molar-refractivity contribution is -0.124. The molecule has 2 N–H and O–H groups in total. The van der Waals surface area contributed by atoms with Crippen LogP contribution in [0.5, 0.6) is 0 Å². The van der Waals surface area contributed by atoms with Crippen LogP contribution in [-0.2, 0) is 23.1 Å². The molecule has 1 aromatic heterocycles. The highest BCUT2D eigenvalue weighted by Gasteiger charge is 2.24. The molecule has 2 aromatic carbocycles. The van der Waals surface area contributed by atoms with Gasteiger partial charge in [0.25, 0.3) is 11.8 Å². The Morgan fingerprint density at radius 2 is 2.10 bits per heavy atom. The van der Waals surface area contributed by atoms with Crippen LogP contribution < -0.4 is 10.6 Å². The first-order chi connectivity index (χ1) is 14.4. The maximum absolute atomic E-state index is 14.0. The number of fused-ring (bicyclic) bond motifs is 1. The van der Waals surface area contributed by atoms with Crippen molar-refractivity contribution in [1.82, 2.24) is 14.9 Å². The van der Waals surface area contributed by atoms with E-state index in [9.17, 15) is 14.0 Å². The predicted octanol–water partition coefficient (Wildman–Crippen LogP) is 3.07. The molecule has 8 heteroatoms. The summed E-state index contributed by atoms with van der Waals surface area (Å²) in [6.45, 7) is 2.75. The Hall–Kier alpha value is -3.26. The molecule has 2 amide bonds. The molecule has 30 heavy (non-hydrogen) atoms. The van der Waals surface area contributed by atoms with E-state index in [1.165, 1.54) is 12.1 Å². The molecular formula is C22H23FN4O3. The smallest absolute Gasteiger partial charge is 0.253 e. The number of imidazole rings is 1. The molecule has 1 aliphatic rings. The number of rotatable bonds is 5. The minimum absolute atomic E-state index is 0.132. The summed E-state index contributed by atoms with van der Waals surface area (Å²) in [6.07, 6.45) is 0.920. The first-order valence-corrected chi connectivity index (χ1v) is 9.84. The first kappa shape index (κ1) is 20.0. The molecule has 0 aliphatic carbocycles. The van der Waals surface area contributed by atoms with Crippen LogP contribution in [0, 0.1) is 12.7 Å². The van der Waals surface area contributed by atoms with Gasteiger partial charge in [-0.25, -0.2) is 9.37 Å². The van der Waals surface area contributed by atoms with Crippen LogP contribution in [-0.4, -0.2) is 34.1 Å². The zero-order chi connectivity index (χ0) is 21.3. The van der Waals surface area contributed by atoms with Gasteiger partial charge in [-0.05, 0) is 55.7 Å². The van der Waals surface area contributed by atoms with Crippen molar-refractivity contribution in [3.63, 3.8) is 0 Å². The molecule has 1 aliphatic heterocycles. The minimum atomic E-state index is -0.601. The average Bonchev–Trinajstić information content (AvgIpc) is 3.34. The Bertz CT molecular complexity index is 1120. The Kier molecular flexibility index (Phi) is 5.50. The molecule has 3 aromatic rings. The standard InChI is InChI=1S/C22H23FN4O3/c1-13-25-18-8-14(5-6-19(18)27(13)2)12-24-21(28)15-9-16(23)11-17(10-15)26-22(29)20-4-3-7-30-20/h5-6,8-11,20H,3-4,7,12H2,1-2H3,(H,24,28)(H,26,29)/t20-/m0/s1. The highest BCUT2D eigenvalue weighted by atomic mass is 19.1. The number of benzene rings is 2. The highest BCUT2D eigenvalue weighted by molar-refractivity contribution is 5.98. The zero-order valence-corrected chi connectivity index (χ0v) is 16.9. The minimum Gasteiger partial charge on any atom is -0.368 e. The van der Waals surface area contributed by atoms with E-state index in [0.29, 0.717) is 13.0 Å². The van der Waals surface area contributed by atoms with Crippen molar-refractivity contribution in [3.8, 4) is 0 Å². The van der Waals surface area contributed by atoms with Gasteiger partial charge in [0.2, 0.25) is 0 Å². The third-order valence-electron chi connectivity index (χ3n) is 5.27. The quantitative estimate of drug-likeness (QED) is 0.677. The van der Waals surface area contributed by atoms with Gasteiger partial charge in [0.05, 0.1) is 11.0 Å². The average molecular weight is 410 g/mol. The number of aromatic nitrogens is 2. The fourth-order valence-corrected chi connectivity index (χ4v) is 3.56. The SMILES string of the molecule is Cc1nc2cc(CNC(=O)c3cc(F)cc(NC(=O)[C@@H]4CCCO4)c3)ccc2n1C. The molecule has 0 spiro atoms. The van der Waals surface area contributed by atoms with E-state index in [-0.39, 0.29) is 23.7 Å². The number of carbonyl (C=O) groups is 2. The predicted molar refractivity (Wildman–Crippen MR) is 111 cm³/mol. The summed E-state index contributed by atoms with van der Waals surface area (Å²) in [6, 6.07) is 9.57. The van der Waals surface area contributed by atoms with Crippen molar-refractivity contribution in [2.75, 3.05) is 11.9 Å². The summed E-state index contributed by atoms with van der Waals surface area (Å²) in [5, 5.41) is 5.41. The van der Waals surface area contributed by atoms with Crippen molar-refractivity contribution in [1.29, 1.82) is 0 Å². The molecule has 156 valence electrons. The van der Waals surface area contributed by atoms with Crippen LogP contribution in [0.15, 0.2) is 36.4 Å². The number of amides is 2. The molecular weight excluding hydrogens is 387 g/mol. The number of hydrogen-bond acceptors (Lipinski definition) is 4. The third-order valence-corrected chi connectivity index (χ3v) is 5.27. The number of halogens is 1. The lowest BCUT2D eigenvalue weighted by atomic mass is 10.1. The summed E-state index contributed by atoms with van der Waals surface area (Å²) in [4.78, 5) is 29.2. The van der Waals surface area contributed by atoms with Crippen LogP contribution in [0.25, 0.3) is 11.0 Å². The third kappa shape index (κ3) is 4.18. The second-order valence-corrected chi connectivity index (χ2v) is 7.44.